The second-order valence-corrected chi connectivity index (χ2v) is 12.9. The van der Waals surface area contributed by atoms with E-state index < -0.39 is 24.1 Å². The summed E-state index contributed by atoms with van der Waals surface area (Å²) in [6.07, 6.45) is 2.88. The van der Waals surface area contributed by atoms with Gasteiger partial charge in [0.15, 0.2) is 6.10 Å². The molecular weight excluding hydrogens is 708 g/mol. The van der Waals surface area contributed by atoms with Gasteiger partial charge in [-0.2, -0.15) is 10.5 Å². The second kappa shape index (κ2) is 20.0. The van der Waals surface area contributed by atoms with Crippen LogP contribution in [0.1, 0.15) is 48.9 Å². The number of anilines is 1. The smallest absolute Gasteiger partial charge is 0.323 e. The van der Waals surface area contributed by atoms with Crippen molar-refractivity contribution in [2.75, 3.05) is 32.0 Å². The van der Waals surface area contributed by atoms with Gasteiger partial charge < -0.3 is 41.6 Å². The van der Waals surface area contributed by atoms with Crippen molar-refractivity contribution in [3.8, 4) is 40.5 Å². The van der Waals surface area contributed by atoms with E-state index in [-0.39, 0.29) is 36.6 Å². The molecule has 4 aromatic rings. The molecule has 8 N–H and O–H groups in total. The molecule has 2 heterocycles. The number of oxazole rings is 1. The van der Waals surface area contributed by atoms with E-state index in [0.29, 0.717) is 83.0 Å². The van der Waals surface area contributed by atoms with Gasteiger partial charge in [0.2, 0.25) is 5.89 Å². The number of carbonyl (C=O) groups excluding carboxylic acids is 2. The Bertz CT molecular complexity index is 1890. The number of ether oxygens (including phenoxy) is 3. The van der Waals surface area contributed by atoms with Crippen LogP contribution in [-0.2, 0) is 24.8 Å². The maximum atomic E-state index is 12.6. The zero-order chi connectivity index (χ0) is 37.5. The molecule has 0 aliphatic carbocycles. The number of nitriles is 2. The number of hydrogen-bond acceptors (Lipinski definition) is 15. The monoisotopic (exact) mass is 746 g/mol. The highest BCUT2D eigenvalue weighted by molar-refractivity contribution is 7.98. The van der Waals surface area contributed by atoms with Crippen LogP contribution in [0.25, 0.3) is 22.6 Å². The molecule has 4 rings (SSSR count). The third-order valence-electron chi connectivity index (χ3n) is 7.56. The molecular formula is C36H39ClN8O6S. The molecule has 0 radical (unpaired) electrons. The van der Waals surface area contributed by atoms with E-state index in [9.17, 15) is 20.1 Å². The lowest BCUT2D eigenvalue weighted by atomic mass is 9.97. The maximum Gasteiger partial charge on any atom is 0.323 e. The number of pyridine rings is 1. The summed E-state index contributed by atoms with van der Waals surface area (Å²) in [6.45, 7) is 0.446. The van der Waals surface area contributed by atoms with Gasteiger partial charge in [-0.15, -0.1) is 0 Å². The summed E-state index contributed by atoms with van der Waals surface area (Å²) in [6, 6.07) is 17.0. The third-order valence-corrected chi connectivity index (χ3v) is 8.83. The van der Waals surface area contributed by atoms with Crippen molar-refractivity contribution < 1.29 is 28.2 Å². The van der Waals surface area contributed by atoms with E-state index in [1.807, 2.05) is 0 Å². The van der Waals surface area contributed by atoms with E-state index >= 15 is 0 Å². The zero-order valence-electron chi connectivity index (χ0n) is 28.3. The highest BCUT2D eigenvalue weighted by Gasteiger charge is 2.24. The molecule has 0 fully saturated rings. The van der Waals surface area contributed by atoms with Crippen LogP contribution in [0, 0.1) is 22.7 Å². The molecule has 0 spiro atoms. The van der Waals surface area contributed by atoms with Gasteiger partial charge in [-0.3, -0.25) is 9.59 Å². The highest BCUT2D eigenvalue weighted by atomic mass is 35.5. The van der Waals surface area contributed by atoms with Gasteiger partial charge in [0.05, 0.1) is 11.3 Å². The summed E-state index contributed by atoms with van der Waals surface area (Å²) in [5.74, 6) is -0.0537. The average Bonchev–Trinajstić information content (AvgIpc) is 3.63. The number of thioether (sulfide) groups is 1. The number of unbranched alkanes of at least 4 members (excludes halogenated alkanes) is 1. The van der Waals surface area contributed by atoms with E-state index in [4.69, 9.17) is 53.2 Å². The van der Waals surface area contributed by atoms with Crippen LogP contribution < -0.4 is 27.7 Å². The van der Waals surface area contributed by atoms with Gasteiger partial charge in [0.25, 0.3) is 0 Å². The maximum absolute atomic E-state index is 12.6. The largest absolute Gasteiger partial charge is 0.490 e. The lowest BCUT2D eigenvalue weighted by Gasteiger charge is -2.21. The average molecular weight is 747 g/mol. The molecule has 2 atom stereocenters. The number of aromatic nitrogens is 2. The molecule has 2 aromatic carbocycles. The van der Waals surface area contributed by atoms with Crippen molar-refractivity contribution >= 4 is 41.1 Å². The summed E-state index contributed by atoms with van der Waals surface area (Å²) < 4.78 is 22.4. The molecule has 0 aliphatic rings. The number of rotatable bonds is 19. The van der Waals surface area contributed by atoms with Crippen molar-refractivity contribution in [3.63, 3.8) is 0 Å². The predicted molar refractivity (Wildman–Crippen MR) is 196 cm³/mol. The summed E-state index contributed by atoms with van der Waals surface area (Å²) in [5, 5.41) is 21.1. The Labute approximate surface area is 310 Å². The Morgan fingerprint density at radius 2 is 1.62 bits per heavy atom. The van der Waals surface area contributed by atoms with Crippen LogP contribution in [0.3, 0.4) is 0 Å². The fourth-order valence-electron chi connectivity index (χ4n) is 4.83. The fourth-order valence-corrected chi connectivity index (χ4v) is 5.83. The van der Waals surface area contributed by atoms with E-state index in [0.717, 1.165) is 5.56 Å². The van der Waals surface area contributed by atoms with Crippen LogP contribution >= 0.6 is 23.4 Å². The Morgan fingerprint density at radius 3 is 2.29 bits per heavy atom. The quantitative estimate of drug-likeness (QED) is 0.0576. The van der Waals surface area contributed by atoms with E-state index in [2.05, 4.69) is 22.1 Å². The Kier molecular flexibility index (Phi) is 15.3. The SMILES string of the molecule is N#Cc1c(N)nc(SCc2coc(-c3ccc(Cl)cc3)n2)c(C#N)c1-c1ccc(OCC(COC(=O)CCCCN)OC(=O)[C@@H](N)CCCN)cc1. The summed E-state index contributed by atoms with van der Waals surface area (Å²) in [5.41, 5.74) is 25.6. The van der Waals surface area contributed by atoms with Crippen LogP contribution in [0.2, 0.25) is 5.02 Å². The number of halogens is 1. The summed E-state index contributed by atoms with van der Waals surface area (Å²) in [4.78, 5) is 33.7. The minimum Gasteiger partial charge on any atom is -0.490 e. The molecule has 0 amide bonds. The van der Waals surface area contributed by atoms with Gasteiger partial charge in [-0.1, -0.05) is 35.5 Å². The Balaban J connectivity index is 1.48. The molecule has 0 saturated carbocycles. The number of esters is 2. The van der Waals surface area contributed by atoms with Gasteiger partial charge in [0, 0.05) is 28.3 Å². The number of nitrogen functional groups attached to an aromatic ring is 1. The Hall–Kier alpha value is -5.16. The topological polar surface area (TPSA) is 252 Å². The Morgan fingerprint density at radius 1 is 0.923 bits per heavy atom. The molecule has 272 valence electrons. The summed E-state index contributed by atoms with van der Waals surface area (Å²) in [7, 11) is 0. The minimum absolute atomic E-state index is 0.0340. The molecule has 0 saturated heterocycles. The van der Waals surface area contributed by atoms with Crippen LogP contribution in [-0.4, -0.2) is 60.4 Å². The van der Waals surface area contributed by atoms with Crippen molar-refractivity contribution in [2.24, 2.45) is 17.2 Å². The highest BCUT2D eigenvalue weighted by Crippen LogP contribution is 2.37. The second-order valence-electron chi connectivity index (χ2n) is 11.5. The first kappa shape index (κ1) is 39.6. The van der Waals surface area contributed by atoms with Crippen LogP contribution in [0.15, 0.2) is 64.2 Å². The first-order valence-electron chi connectivity index (χ1n) is 16.4. The van der Waals surface area contributed by atoms with Crippen molar-refractivity contribution in [1.29, 1.82) is 10.5 Å². The van der Waals surface area contributed by atoms with Gasteiger partial charge in [0.1, 0.15) is 59.8 Å². The first-order valence-corrected chi connectivity index (χ1v) is 17.8. The summed E-state index contributed by atoms with van der Waals surface area (Å²) >= 11 is 7.21. The predicted octanol–water partition coefficient (Wildman–Crippen LogP) is 4.70. The lowest BCUT2D eigenvalue weighted by molar-refractivity contribution is -0.162. The molecule has 2 aromatic heterocycles. The zero-order valence-corrected chi connectivity index (χ0v) is 29.8. The molecule has 16 heteroatoms. The minimum atomic E-state index is -0.948. The number of carbonyl (C=O) groups is 2. The van der Waals surface area contributed by atoms with Gasteiger partial charge in [-0.25, -0.2) is 9.97 Å². The van der Waals surface area contributed by atoms with E-state index in [1.54, 1.807) is 48.5 Å². The standard InChI is InChI=1S/C36H39ClN8O6S/c37-24-10-6-23(7-11-24)34-44-25(18-50-34)21-52-35-29(17-41)32(28(16-40)33(43)45-35)22-8-12-26(13-9-22)48-19-27(20-49-31(46)5-1-2-14-38)51-36(47)30(42)4-3-15-39/h6-13,18,27,30H,1-5,14-15,19-21,38-39,42H2,(H2,43,45)/t27?,30-/m0/s1. The number of benzene rings is 2. The molecule has 0 bridgehead atoms. The number of hydrogen-bond donors (Lipinski definition) is 4. The van der Waals surface area contributed by atoms with Crippen LogP contribution in [0.4, 0.5) is 5.82 Å². The molecule has 14 nitrogen and oxygen atoms in total. The number of nitrogens with two attached hydrogens (primary N) is 4. The molecule has 1 unspecified atom stereocenters. The van der Waals surface area contributed by atoms with Crippen molar-refractivity contribution in [3.05, 3.63) is 76.6 Å². The fraction of sp³-hybridized carbons (Fsp3) is 0.333. The lowest BCUT2D eigenvalue weighted by Crippen LogP contribution is -2.39. The van der Waals surface area contributed by atoms with Crippen LogP contribution in [0.5, 0.6) is 5.75 Å². The van der Waals surface area contributed by atoms with Gasteiger partial charge >= 0.3 is 11.9 Å². The van der Waals surface area contributed by atoms with Crippen molar-refractivity contribution in [1.82, 2.24) is 9.97 Å². The normalized spacial score (nSPS) is 12.0. The third kappa shape index (κ3) is 11.2. The molecule has 0 aliphatic heterocycles. The van der Waals surface area contributed by atoms with E-state index in [1.165, 1.54) is 18.0 Å². The first-order chi connectivity index (χ1) is 25.2. The van der Waals surface area contributed by atoms with Crippen molar-refractivity contribution in [2.45, 2.75) is 55.0 Å². The number of nitrogens with zero attached hydrogens (tertiary/aromatic N) is 4. The van der Waals surface area contributed by atoms with Gasteiger partial charge in [-0.05, 0) is 80.7 Å². The molecule has 52 heavy (non-hydrogen) atoms.